The highest BCUT2D eigenvalue weighted by Gasteiger charge is 2.39. The molecule has 0 spiro atoms. The summed E-state index contributed by atoms with van der Waals surface area (Å²) in [5.41, 5.74) is 0.0274. The number of benzene rings is 3. The van der Waals surface area contributed by atoms with E-state index in [2.05, 4.69) is 15.0 Å². The summed E-state index contributed by atoms with van der Waals surface area (Å²) in [5, 5.41) is 11.9. The topological polar surface area (TPSA) is 144 Å². The Hall–Kier alpha value is -4.81. The number of carbonyl (C=O) groups is 2. The molecule has 228 valence electrons. The van der Waals surface area contributed by atoms with Crippen LogP contribution < -0.4 is 19.5 Å². The first-order chi connectivity index (χ1) is 21.1. The molecular weight excluding hydrogens is 589 g/mol. The van der Waals surface area contributed by atoms with E-state index in [-0.39, 0.29) is 35.1 Å². The molecule has 12 heteroatoms. The van der Waals surface area contributed by atoms with Crippen LogP contribution in [0.15, 0.2) is 96.0 Å². The van der Waals surface area contributed by atoms with Crippen molar-refractivity contribution in [1.82, 2.24) is 9.71 Å². The molecule has 0 radical (unpaired) electrons. The quantitative estimate of drug-likeness (QED) is 0.187. The van der Waals surface area contributed by atoms with Gasteiger partial charge in [0.05, 0.1) is 28.1 Å². The number of amides is 1. The Morgan fingerprint density at radius 1 is 0.932 bits per heavy atom. The number of ether oxygens (including phenoxy) is 2. The number of carboxylic acids is 1. The van der Waals surface area contributed by atoms with Crippen molar-refractivity contribution in [1.29, 1.82) is 0 Å². The van der Waals surface area contributed by atoms with E-state index in [9.17, 15) is 27.5 Å². The normalized spacial score (nSPS) is 14.1. The smallest absolute Gasteiger partial charge is 0.337 e. The number of pyridine rings is 1. The minimum Gasteiger partial charge on any atom is -0.492 e. The third-order valence-electron chi connectivity index (χ3n) is 7.17. The summed E-state index contributed by atoms with van der Waals surface area (Å²) >= 11 is 0. The molecule has 1 amide bonds. The highest BCUT2D eigenvalue weighted by molar-refractivity contribution is 7.89. The van der Waals surface area contributed by atoms with E-state index >= 15 is 0 Å². The van der Waals surface area contributed by atoms with E-state index in [0.29, 0.717) is 35.8 Å². The summed E-state index contributed by atoms with van der Waals surface area (Å²) < 4.78 is 54.1. The van der Waals surface area contributed by atoms with Crippen LogP contribution in [0.1, 0.15) is 41.6 Å². The number of nitrogens with zero attached hydrogens (tertiary/aromatic N) is 1. The van der Waals surface area contributed by atoms with Crippen molar-refractivity contribution in [3.05, 3.63) is 108 Å². The Morgan fingerprint density at radius 2 is 1.66 bits per heavy atom. The fraction of sp³-hybridized carbons (Fsp3) is 0.219. The zero-order chi connectivity index (χ0) is 31.2. The van der Waals surface area contributed by atoms with Crippen molar-refractivity contribution in [2.24, 2.45) is 0 Å². The second kappa shape index (κ2) is 13.2. The molecule has 0 aliphatic heterocycles. The third-order valence-corrected chi connectivity index (χ3v) is 8.75. The van der Waals surface area contributed by atoms with Crippen LogP contribution in [0.25, 0.3) is 0 Å². The Labute approximate surface area is 253 Å². The summed E-state index contributed by atoms with van der Waals surface area (Å²) in [4.78, 5) is 27.9. The summed E-state index contributed by atoms with van der Waals surface area (Å²) in [6, 6.07) is 21.2. The monoisotopic (exact) mass is 619 g/mol. The molecule has 0 bridgehead atoms. The van der Waals surface area contributed by atoms with Crippen molar-refractivity contribution in [2.75, 3.05) is 11.9 Å². The minimum absolute atomic E-state index is 0.00247. The molecular formula is C32H30FN3O7S. The van der Waals surface area contributed by atoms with Gasteiger partial charge in [0.2, 0.25) is 21.8 Å². The van der Waals surface area contributed by atoms with Crippen molar-refractivity contribution in [3.63, 3.8) is 0 Å². The van der Waals surface area contributed by atoms with Crippen molar-refractivity contribution < 1.29 is 37.0 Å². The maximum absolute atomic E-state index is 13.6. The van der Waals surface area contributed by atoms with Gasteiger partial charge in [-0.2, -0.15) is 0 Å². The first kappa shape index (κ1) is 30.6. The Balaban J connectivity index is 1.15. The summed E-state index contributed by atoms with van der Waals surface area (Å²) in [5.74, 6) is -0.828. The van der Waals surface area contributed by atoms with Crippen LogP contribution in [0, 0.1) is 5.82 Å². The lowest BCUT2D eigenvalue weighted by Gasteiger charge is -2.30. The number of aromatic nitrogens is 1. The molecule has 0 saturated heterocycles. The number of aromatic carboxylic acids is 1. The van der Waals surface area contributed by atoms with Crippen molar-refractivity contribution in [3.8, 4) is 17.4 Å². The van der Waals surface area contributed by atoms with E-state index in [1.165, 1.54) is 36.5 Å². The number of para-hydroxylation sites is 1. The lowest BCUT2D eigenvalue weighted by Crippen LogP contribution is -2.50. The fourth-order valence-corrected chi connectivity index (χ4v) is 6.46. The maximum Gasteiger partial charge on any atom is 0.337 e. The highest BCUT2D eigenvalue weighted by atomic mass is 32.2. The van der Waals surface area contributed by atoms with Crippen LogP contribution in [-0.4, -0.2) is 42.5 Å². The predicted molar refractivity (Wildman–Crippen MR) is 160 cm³/mol. The van der Waals surface area contributed by atoms with Gasteiger partial charge in [0.25, 0.3) is 0 Å². The summed E-state index contributed by atoms with van der Waals surface area (Å²) in [7, 11) is -3.94. The third kappa shape index (κ3) is 7.77. The van der Waals surface area contributed by atoms with Gasteiger partial charge < -0.3 is 19.9 Å². The van der Waals surface area contributed by atoms with Crippen LogP contribution >= 0.6 is 0 Å². The van der Waals surface area contributed by atoms with Gasteiger partial charge in [0, 0.05) is 12.3 Å². The van der Waals surface area contributed by atoms with Crippen LogP contribution in [0.2, 0.25) is 0 Å². The molecule has 4 aromatic rings. The molecule has 44 heavy (non-hydrogen) atoms. The molecule has 1 aliphatic rings. The Bertz CT molecular complexity index is 1740. The molecule has 1 fully saturated rings. The van der Waals surface area contributed by atoms with Gasteiger partial charge in [-0.05, 0) is 73.0 Å². The number of hydrogen-bond acceptors (Lipinski definition) is 7. The average Bonchev–Trinajstić information content (AvgIpc) is 3.46. The maximum atomic E-state index is 13.6. The number of nitrogens with one attached hydrogen (secondary N) is 2. The van der Waals surface area contributed by atoms with E-state index in [0.717, 1.165) is 18.9 Å². The second-order valence-corrected chi connectivity index (χ2v) is 12.2. The molecule has 0 unspecified atom stereocenters. The number of sulfonamides is 1. The lowest BCUT2D eigenvalue weighted by molar-refractivity contribution is -0.115. The number of halogens is 1. The molecule has 1 heterocycles. The minimum atomic E-state index is -3.94. The van der Waals surface area contributed by atoms with Gasteiger partial charge in [-0.1, -0.05) is 37.1 Å². The molecule has 1 aliphatic carbocycles. The summed E-state index contributed by atoms with van der Waals surface area (Å²) in [6.07, 6.45) is 4.38. The Kier molecular flexibility index (Phi) is 9.21. The molecule has 3 N–H and O–H groups in total. The number of hydrogen-bond donors (Lipinski definition) is 3. The van der Waals surface area contributed by atoms with Crippen LogP contribution in [0.4, 0.5) is 10.1 Å². The summed E-state index contributed by atoms with van der Waals surface area (Å²) in [6.45, 7) is 0.111. The number of carbonyl (C=O) groups excluding carboxylic acids is 1. The fourth-order valence-electron chi connectivity index (χ4n) is 4.99. The standard InChI is InChI=1S/C32H30FN3O7S/c33-23-6-5-7-26(19-23)44(40,41)36-32(16-3-4-17-32)21-42-24-11-13-25(14-12-24)43-30-15-10-22(20-34-30)18-29(37)35-28-9-2-1-8-27(28)31(38)39/h1-2,5-15,19-20,36H,3-4,16-18,21H2,(H,35,37)(H,38,39). The molecule has 1 aromatic heterocycles. The first-order valence-electron chi connectivity index (χ1n) is 13.9. The van der Waals surface area contributed by atoms with Gasteiger partial charge in [0.15, 0.2) is 0 Å². The van der Waals surface area contributed by atoms with E-state index in [1.54, 1.807) is 48.5 Å². The number of rotatable bonds is 12. The first-order valence-corrected chi connectivity index (χ1v) is 15.4. The SMILES string of the molecule is O=C(Cc1ccc(Oc2ccc(OCC3(NS(=O)(=O)c4cccc(F)c4)CCCC3)cc2)nc1)Nc1ccccc1C(=O)O. The lowest BCUT2D eigenvalue weighted by atomic mass is 10.0. The molecule has 0 atom stereocenters. The van der Waals surface area contributed by atoms with Crippen molar-refractivity contribution >= 4 is 27.6 Å². The van der Waals surface area contributed by atoms with Gasteiger partial charge in [0.1, 0.15) is 23.9 Å². The van der Waals surface area contributed by atoms with Gasteiger partial charge in [-0.15, -0.1) is 0 Å². The molecule has 1 saturated carbocycles. The van der Waals surface area contributed by atoms with Crippen molar-refractivity contribution in [2.45, 2.75) is 42.5 Å². The van der Waals surface area contributed by atoms with Crippen LogP contribution in [0.3, 0.4) is 0 Å². The zero-order valence-electron chi connectivity index (χ0n) is 23.5. The molecule has 3 aromatic carbocycles. The highest BCUT2D eigenvalue weighted by Crippen LogP contribution is 2.33. The van der Waals surface area contributed by atoms with Crippen LogP contribution in [-0.2, 0) is 21.2 Å². The largest absolute Gasteiger partial charge is 0.492 e. The number of anilines is 1. The molecule has 10 nitrogen and oxygen atoms in total. The van der Waals surface area contributed by atoms with Gasteiger partial charge >= 0.3 is 5.97 Å². The predicted octanol–water partition coefficient (Wildman–Crippen LogP) is 5.56. The van der Waals surface area contributed by atoms with E-state index in [1.807, 2.05) is 0 Å². The van der Waals surface area contributed by atoms with Crippen LogP contribution in [0.5, 0.6) is 17.4 Å². The second-order valence-electron chi connectivity index (χ2n) is 10.5. The Morgan fingerprint density at radius 3 is 2.34 bits per heavy atom. The van der Waals surface area contributed by atoms with Gasteiger partial charge in [-0.25, -0.2) is 27.3 Å². The average molecular weight is 620 g/mol. The van der Waals surface area contributed by atoms with E-state index in [4.69, 9.17) is 9.47 Å². The van der Waals surface area contributed by atoms with E-state index < -0.39 is 27.3 Å². The van der Waals surface area contributed by atoms with Gasteiger partial charge in [-0.3, -0.25) is 4.79 Å². The zero-order valence-corrected chi connectivity index (χ0v) is 24.3. The molecule has 5 rings (SSSR count). The number of carboxylic acid groups (broad SMARTS) is 1.